The number of alkyl halides is 3. The minimum Gasteiger partial charge on any atom is -0.351 e. The molecule has 4 aromatic rings. The maximum atomic E-state index is 12.9. The molecule has 174 valence electrons. The number of halogens is 3. The molecule has 5 nitrogen and oxygen atoms in total. The quantitative estimate of drug-likeness (QED) is 0.347. The maximum Gasteiger partial charge on any atom is 0.416 e. The van der Waals surface area contributed by atoms with Crippen molar-refractivity contribution in [3.05, 3.63) is 107 Å². The number of aromatic nitrogens is 3. The van der Waals surface area contributed by atoms with Crippen LogP contribution in [-0.2, 0) is 23.9 Å². The second-order valence-corrected chi connectivity index (χ2v) is 8.44. The van der Waals surface area contributed by atoms with Gasteiger partial charge in [0.05, 0.1) is 11.3 Å². The van der Waals surface area contributed by atoms with Crippen molar-refractivity contribution in [2.75, 3.05) is 5.75 Å². The van der Waals surface area contributed by atoms with E-state index in [-0.39, 0.29) is 18.2 Å². The Labute approximate surface area is 199 Å². The van der Waals surface area contributed by atoms with Gasteiger partial charge < -0.3 is 5.32 Å². The first-order valence-corrected chi connectivity index (χ1v) is 11.5. The van der Waals surface area contributed by atoms with Gasteiger partial charge in [0.15, 0.2) is 5.16 Å². The van der Waals surface area contributed by atoms with Crippen LogP contribution < -0.4 is 5.32 Å². The van der Waals surface area contributed by atoms with Crippen molar-refractivity contribution in [3.63, 3.8) is 0 Å². The molecule has 0 spiro atoms. The van der Waals surface area contributed by atoms with Gasteiger partial charge in [-0.25, -0.2) is 0 Å². The number of carbonyl (C=O) groups excluding carboxylic acids is 1. The molecule has 0 aliphatic heterocycles. The highest BCUT2D eigenvalue weighted by Crippen LogP contribution is 2.29. The summed E-state index contributed by atoms with van der Waals surface area (Å²) in [5, 5.41) is 11.9. The highest BCUT2D eigenvalue weighted by Gasteiger charge is 2.30. The molecule has 34 heavy (non-hydrogen) atoms. The number of nitrogens with one attached hydrogen (secondary N) is 1. The summed E-state index contributed by atoms with van der Waals surface area (Å²) < 4.78 is 40.6. The fourth-order valence-corrected chi connectivity index (χ4v) is 4.16. The van der Waals surface area contributed by atoms with E-state index in [2.05, 4.69) is 15.5 Å². The summed E-state index contributed by atoms with van der Waals surface area (Å²) in [4.78, 5) is 12.4. The molecule has 0 atom stereocenters. The molecule has 0 aliphatic carbocycles. The number of carbonyl (C=O) groups is 1. The molecule has 9 heteroatoms. The summed E-state index contributed by atoms with van der Waals surface area (Å²) in [5.41, 5.74) is 1.61. The van der Waals surface area contributed by atoms with Gasteiger partial charge >= 0.3 is 6.18 Å². The van der Waals surface area contributed by atoms with Crippen LogP contribution >= 0.6 is 11.8 Å². The fourth-order valence-electron chi connectivity index (χ4n) is 3.36. The monoisotopic (exact) mass is 482 g/mol. The van der Waals surface area contributed by atoms with E-state index in [0.717, 1.165) is 29.2 Å². The minimum absolute atomic E-state index is 0.00788. The van der Waals surface area contributed by atoms with Crippen molar-refractivity contribution < 1.29 is 18.0 Å². The van der Waals surface area contributed by atoms with E-state index < -0.39 is 11.7 Å². The number of hydrogen-bond acceptors (Lipinski definition) is 4. The zero-order valence-electron chi connectivity index (χ0n) is 18.0. The Balaban J connectivity index is 1.44. The Morgan fingerprint density at radius 1 is 0.882 bits per heavy atom. The molecule has 0 bridgehead atoms. The van der Waals surface area contributed by atoms with Gasteiger partial charge in [0, 0.05) is 18.7 Å². The molecule has 0 saturated carbocycles. The van der Waals surface area contributed by atoms with Crippen LogP contribution in [0, 0.1) is 0 Å². The van der Waals surface area contributed by atoms with E-state index in [1.807, 2.05) is 65.2 Å². The summed E-state index contributed by atoms with van der Waals surface area (Å²) in [5.74, 6) is 0.480. The third kappa shape index (κ3) is 6.05. The lowest BCUT2D eigenvalue weighted by Gasteiger charge is -2.11. The molecule has 0 saturated heterocycles. The lowest BCUT2D eigenvalue weighted by Crippen LogP contribution is -2.25. The van der Waals surface area contributed by atoms with Gasteiger partial charge in [0.2, 0.25) is 5.91 Å². The molecule has 4 rings (SSSR count). The van der Waals surface area contributed by atoms with Crippen LogP contribution in [0.4, 0.5) is 13.2 Å². The molecule has 1 amide bonds. The van der Waals surface area contributed by atoms with Gasteiger partial charge in [-0.1, -0.05) is 72.4 Å². The van der Waals surface area contributed by atoms with Crippen LogP contribution in [0.3, 0.4) is 0 Å². The zero-order chi connectivity index (χ0) is 24.0. The molecule has 0 radical (unpaired) electrons. The van der Waals surface area contributed by atoms with Gasteiger partial charge in [-0.2, -0.15) is 13.2 Å². The predicted octanol–water partition coefficient (Wildman–Crippen LogP) is 5.29. The third-order valence-electron chi connectivity index (χ3n) is 5.00. The number of thioether (sulfide) groups is 1. The summed E-state index contributed by atoms with van der Waals surface area (Å²) in [6.45, 7) is 0.00788. The first kappa shape index (κ1) is 23.6. The van der Waals surface area contributed by atoms with E-state index in [4.69, 9.17) is 0 Å². The predicted molar refractivity (Wildman–Crippen MR) is 125 cm³/mol. The average molecular weight is 483 g/mol. The largest absolute Gasteiger partial charge is 0.416 e. The van der Waals surface area contributed by atoms with Crippen molar-refractivity contribution in [2.45, 2.75) is 24.3 Å². The molecule has 0 fully saturated rings. The van der Waals surface area contributed by atoms with E-state index in [1.54, 1.807) is 6.07 Å². The van der Waals surface area contributed by atoms with Crippen molar-refractivity contribution >= 4 is 17.7 Å². The minimum atomic E-state index is -4.42. The molecular formula is C25H21F3N4OS. The normalized spacial score (nSPS) is 11.4. The highest BCUT2D eigenvalue weighted by molar-refractivity contribution is 7.99. The molecule has 0 aliphatic rings. The molecule has 1 heterocycles. The summed E-state index contributed by atoms with van der Waals surface area (Å²) >= 11 is 1.22. The van der Waals surface area contributed by atoms with Crippen molar-refractivity contribution in [1.82, 2.24) is 20.1 Å². The smallest absolute Gasteiger partial charge is 0.351 e. The second kappa shape index (κ2) is 10.6. The highest BCUT2D eigenvalue weighted by atomic mass is 32.2. The van der Waals surface area contributed by atoms with Crippen LogP contribution in [0.15, 0.2) is 90.1 Å². The van der Waals surface area contributed by atoms with E-state index in [1.165, 1.54) is 17.8 Å². The van der Waals surface area contributed by atoms with Crippen LogP contribution in [0.2, 0.25) is 0 Å². The lowest BCUT2D eigenvalue weighted by atomic mass is 10.1. The Hall–Kier alpha value is -3.59. The molecule has 1 aromatic heterocycles. The van der Waals surface area contributed by atoms with Crippen molar-refractivity contribution in [1.29, 1.82) is 0 Å². The third-order valence-corrected chi connectivity index (χ3v) is 5.93. The van der Waals surface area contributed by atoms with Crippen LogP contribution in [0.25, 0.3) is 5.69 Å². The molecule has 3 aromatic carbocycles. The standard InChI is InChI=1S/C25H21F3N4OS/c26-25(27,28)20-11-7-10-19(14-20)16-29-23(33)17-34-24-31-30-22(15-18-8-3-1-4-9-18)32(24)21-12-5-2-6-13-21/h1-14H,15-17H2,(H,29,33). The topological polar surface area (TPSA) is 59.8 Å². The SMILES string of the molecule is O=C(CSc1nnc(Cc2ccccc2)n1-c1ccccc1)NCc1cccc(C(F)(F)F)c1. The number of benzene rings is 3. The van der Waals surface area contributed by atoms with E-state index in [9.17, 15) is 18.0 Å². The van der Waals surface area contributed by atoms with Gasteiger partial charge in [-0.15, -0.1) is 10.2 Å². The van der Waals surface area contributed by atoms with Gasteiger partial charge in [-0.3, -0.25) is 9.36 Å². The number of amides is 1. The summed E-state index contributed by atoms with van der Waals surface area (Å²) in [7, 11) is 0. The Kier molecular flexibility index (Phi) is 7.32. The average Bonchev–Trinajstić information content (AvgIpc) is 3.24. The first-order valence-electron chi connectivity index (χ1n) is 10.5. The molecular weight excluding hydrogens is 461 g/mol. The van der Waals surface area contributed by atoms with Crippen LogP contribution in [0.1, 0.15) is 22.5 Å². The van der Waals surface area contributed by atoms with Crippen LogP contribution in [0.5, 0.6) is 0 Å². The molecule has 0 unspecified atom stereocenters. The Bertz CT molecular complexity index is 1240. The summed E-state index contributed by atoms with van der Waals surface area (Å²) in [6, 6.07) is 24.4. The van der Waals surface area contributed by atoms with Crippen LogP contribution in [-0.4, -0.2) is 26.4 Å². The van der Waals surface area contributed by atoms with Gasteiger partial charge in [-0.05, 0) is 35.4 Å². The maximum absolute atomic E-state index is 12.9. The molecule has 1 N–H and O–H groups in total. The Morgan fingerprint density at radius 2 is 1.56 bits per heavy atom. The number of nitrogens with zero attached hydrogens (tertiary/aromatic N) is 3. The first-order chi connectivity index (χ1) is 16.4. The number of rotatable bonds is 8. The zero-order valence-corrected chi connectivity index (χ0v) is 18.8. The fraction of sp³-hybridized carbons (Fsp3) is 0.160. The Morgan fingerprint density at radius 3 is 2.26 bits per heavy atom. The number of hydrogen-bond donors (Lipinski definition) is 1. The van der Waals surface area contributed by atoms with E-state index >= 15 is 0 Å². The summed E-state index contributed by atoms with van der Waals surface area (Å²) in [6.07, 6.45) is -3.85. The number of para-hydroxylation sites is 1. The van der Waals surface area contributed by atoms with Gasteiger partial charge in [0.1, 0.15) is 5.82 Å². The van der Waals surface area contributed by atoms with Gasteiger partial charge in [0.25, 0.3) is 0 Å². The van der Waals surface area contributed by atoms with Crippen molar-refractivity contribution in [3.8, 4) is 5.69 Å². The van der Waals surface area contributed by atoms with E-state index in [0.29, 0.717) is 17.1 Å². The van der Waals surface area contributed by atoms with Crippen molar-refractivity contribution in [2.24, 2.45) is 0 Å². The second-order valence-electron chi connectivity index (χ2n) is 7.50. The lowest BCUT2D eigenvalue weighted by molar-refractivity contribution is -0.137.